The van der Waals surface area contributed by atoms with E-state index in [1.165, 1.54) is 18.3 Å². The Hall–Kier alpha value is -2.15. The molecule has 3 N–H and O–H groups in total. The summed E-state index contributed by atoms with van der Waals surface area (Å²) in [5, 5.41) is 14.3. The molecule has 0 saturated carbocycles. The Labute approximate surface area is 111 Å². The number of rotatable bonds is 7. The zero-order valence-electron chi connectivity index (χ0n) is 10.8. The van der Waals surface area contributed by atoms with Gasteiger partial charge in [0.1, 0.15) is 11.9 Å². The van der Waals surface area contributed by atoms with Crippen LogP contribution in [0.3, 0.4) is 0 Å². The van der Waals surface area contributed by atoms with E-state index in [1.54, 1.807) is 14.0 Å². The Kier molecular flexibility index (Phi) is 5.74. The number of pyridine rings is 1. The lowest BCUT2D eigenvalue weighted by atomic mass is 10.2. The van der Waals surface area contributed by atoms with Gasteiger partial charge in [0.25, 0.3) is 0 Å². The molecule has 104 valence electrons. The number of amides is 1. The fourth-order valence-electron chi connectivity index (χ4n) is 1.32. The second-order valence-corrected chi connectivity index (χ2v) is 3.89. The third kappa shape index (κ3) is 4.92. The molecule has 1 aromatic heterocycles. The molecule has 19 heavy (non-hydrogen) atoms. The Balaban J connectivity index is 2.49. The fourth-order valence-corrected chi connectivity index (χ4v) is 1.32. The monoisotopic (exact) mass is 267 g/mol. The predicted molar refractivity (Wildman–Crippen MR) is 69.2 cm³/mol. The summed E-state index contributed by atoms with van der Waals surface area (Å²) in [6, 6.07) is 2.47. The van der Waals surface area contributed by atoms with Gasteiger partial charge in [0.15, 0.2) is 0 Å². The molecular formula is C12H17N3O4. The number of aromatic carboxylic acids is 1. The van der Waals surface area contributed by atoms with Crippen molar-refractivity contribution in [2.24, 2.45) is 0 Å². The van der Waals surface area contributed by atoms with Crippen LogP contribution in [0.25, 0.3) is 0 Å². The molecule has 1 unspecified atom stereocenters. The van der Waals surface area contributed by atoms with Gasteiger partial charge in [0, 0.05) is 19.9 Å². The van der Waals surface area contributed by atoms with Gasteiger partial charge in [-0.1, -0.05) is 0 Å². The van der Waals surface area contributed by atoms with Gasteiger partial charge in [-0.05, 0) is 19.1 Å². The second-order valence-electron chi connectivity index (χ2n) is 3.89. The van der Waals surface area contributed by atoms with Crippen LogP contribution >= 0.6 is 0 Å². The average Bonchev–Trinajstić information content (AvgIpc) is 2.39. The van der Waals surface area contributed by atoms with E-state index in [9.17, 15) is 9.59 Å². The molecule has 0 bridgehead atoms. The molecule has 0 aliphatic carbocycles. The molecular weight excluding hydrogens is 250 g/mol. The first-order chi connectivity index (χ1) is 9.04. The van der Waals surface area contributed by atoms with Crippen LogP contribution < -0.4 is 10.6 Å². The highest BCUT2D eigenvalue weighted by atomic mass is 16.5. The van der Waals surface area contributed by atoms with E-state index >= 15 is 0 Å². The minimum atomic E-state index is -1.04. The van der Waals surface area contributed by atoms with E-state index < -0.39 is 12.0 Å². The number of hydrogen-bond acceptors (Lipinski definition) is 5. The molecule has 0 aromatic carbocycles. The lowest BCUT2D eigenvalue weighted by molar-refractivity contribution is -0.121. The first-order valence-corrected chi connectivity index (χ1v) is 5.77. The molecule has 1 rings (SSSR count). The summed E-state index contributed by atoms with van der Waals surface area (Å²) in [7, 11) is 1.56. The molecule has 7 nitrogen and oxygen atoms in total. The van der Waals surface area contributed by atoms with E-state index in [0.29, 0.717) is 19.0 Å². The van der Waals surface area contributed by atoms with Crippen molar-refractivity contribution >= 4 is 17.7 Å². The third-order valence-corrected chi connectivity index (χ3v) is 2.37. The molecule has 1 heterocycles. The zero-order valence-corrected chi connectivity index (χ0v) is 10.8. The molecule has 7 heteroatoms. The van der Waals surface area contributed by atoms with Crippen molar-refractivity contribution in [3.63, 3.8) is 0 Å². The standard InChI is InChI=1S/C12H17N3O4/c1-8(11(16)13-5-6-19-2)15-10-4-3-9(7-14-10)12(17)18/h3-4,7-8H,5-6H2,1-2H3,(H,13,16)(H,14,15)(H,17,18). The van der Waals surface area contributed by atoms with Crippen LogP contribution in [0.15, 0.2) is 18.3 Å². The number of aromatic nitrogens is 1. The number of ether oxygens (including phenoxy) is 1. The van der Waals surface area contributed by atoms with Crippen LogP contribution in [-0.2, 0) is 9.53 Å². The summed E-state index contributed by atoms with van der Waals surface area (Å²) >= 11 is 0. The number of carboxylic acids is 1. The van der Waals surface area contributed by atoms with Gasteiger partial charge < -0.3 is 20.5 Å². The number of carbonyl (C=O) groups excluding carboxylic acids is 1. The smallest absolute Gasteiger partial charge is 0.337 e. The van der Waals surface area contributed by atoms with Crippen LogP contribution in [-0.4, -0.2) is 48.3 Å². The Bertz CT molecular complexity index is 433. The first-order valence-electron chi connectivity index (χ1n) is 5.77. The predicted octanol–water partition coefficient (Wildman–Crippen LogP) is 0.343. The molecule has 0 saturated heterocycles. The van der Waals surface area contributed by atoms with E-state index in [1.807, 2.05) is 0 Å². The van der Waals surface area contributed by atoms with Crippen molar-refractivity contribution in [3.8, 4) is 0 Å². The molecule has 0 radical (unpaired) electrons. The summed E-state index contributed by atoms with van der Waals surface area (Å²) < 4.78 is 4.82. The van der Waals surface area contributed by atoms with E-state index in [2.05, 4.69) is 15.6 Å². The van der Waals surface area contributed by atoms with Crippen molar-refractivity contribution in [2.75, 3.05) is 25.6 Å². The maximum Gasteiger partial charge on any atom is 0.337 e. The molecule has 0 fully saturated rings. The fraction of sp³-hybridized carbons (Fsp3) is 0.417. The second kappa shape index (κ2) is 7.32. The van der Waals surface area contributed by atoms with Crippen LogP contribution in [0.5, 0.6) is 0 Å². The number of carboxylic acid groups (broad SMARTS) is 1. The Morgan fingerprint density at radius 2 is 2.21 bits per heavy atom. The van der Waals surface area contributed by atoms with Crippen LogP contribution in [0.2, 0.25) is 0 Å². The van der Waals surface area contributed by atoms with Crippen molar-refractivity contribution < 1.29 is 19.4 Å². The number of anilines is 1. The lowest BCUT2D eigenvalue weighted by Gasteiger charge is -2.14. The summed E-state index contributed by atoms with van der Waals surface area (Å²) in [5.74, 6) is -0.773. The van der Waals surface area contributed by atoms with E-state index in [-0.39, 0.29) is 11.5 Å². The summed E-state index contributed by atoms with van der Waals surface area (Å²) in [4.78, 5) is 26.2. The van der Waals surface area contributed by atoms with Gasteiger partial charge >= 0.3 is 5.97 Å². The van der Waals surface area contributed by atoms with Gasteiger partial charge in [0.05, 0.1) is 12.2 Å². The molecule has 0 aliphatic heterocycles. The maximum atomic E-state index is 11.6. The van der Waals surface area contributed by atoms with E-state index in [0.717, 1.165) is 0 Å². The number of carbonyl (C=O) groups is 2. The van der Waals surface area contributed by atoms with Gasteiger partial charge in [-0.3, -0.25) is 4.79 Å². The molecule has 0 aliphatic rings. The summed E-state index contributed by atoms with van der Waals surface area (Å²) in [5.41, 5.74) is 0.0998. The number of hydrogen-bond donors (Lipinski definition) is 3. The van der Waals surface area contributed by atoms with Gasteiger partial charge in [-0.15, -0.1) is 0 Å². The zero-order chi connectivity index (χ0) is 14.3. The van der Waals surface area contributed by atoms with Gasteiger partial charge in [0.2, 0.25) is 5.91 Å². The quantitative estimate of drug-likeness (QED) is 0.616. The SMILES string of the molecule is COCCNC(=O)C(C)Nc1ccc(C(=O)O)cn1. The highest BCUT2D eigenvalue weighted by Crippen LogP contribution is 2.06. The molecule has 1 amide bonds. The van der Waals surface area contributed by atoms with Crippen molar-refractivity contribution in [3.05, 3.63) is 23.9 Å². The van der Waals surface area contributed by atoms with Gasteiger partial charge in [-0.25, -0.2) is 9.78 Å². The largest absolute Gasteiger partial charge is 0.478 e. The number of nitrogens with one attached hydrogen (secondary N) is 2. The topological polar surface area (TPSA) is 101 Å². The minimum absolute atomic E-state index is 0.0998. The first kappa shape index (κ1) is 14.9. The number of methoxy groups -OCH3 is 1. The third-order valence-electron chi connectivity index (χ3n) is 2.37. The van der Waals surface area contributed by atoms with Crippen LogP contribution in [0.4, 0.5) is 5.82 Å². The molecule has 1 atom stereocenters. The Morgan fingerprint density at radius 1 is 1.47 bits per heavy atom. The minimum Gasteiger partial charge on any atom is -0.478 e. The molecule has 1 aromatic rings. The highest BCUT2D eigenvalue weighted by molar-refractivity contribution is 5.87. The lowest BCUT2D eigenvalue weighted by Crippen LogP contribution is -2.39. The van der Waals surface area contributed by atoms with Crippen LogP contribution in [0.1, 0.15) is 17.3 Å². The van der Waals surface area contributed by atoms with Crippen molar-refractivity contribution in [2.45, 2.75) is 13.0 Å². The summed E-state index contributed by atoms with van der Waals surface area (Å²) in [6.45, 7) is 2.58. The number of nitrogens with zero attached hydrogens (tertiary/aromatic N) is 1. The van der Waals surface area contributed by atoms with E-state index in [4.69, 9.17) is 9.84 Å². The van der Waals surface area contributed by atoms with Crippen molar-refractivity contribution in [1.82, 2.24) is 10.3 Å². The maximum absolute atomic E-state index is 11.6. The highest BCUT2D eigenvalue weighted by Gasteiger charge is 2.12. The van der Waals surface area contributed by atoms with Crippen molar-refractivity contribution in [1.29, 1.82) is 0 Å². The summed E-state index contributed by atoms with van der Waals surface area (Å²) in [6.07, 6.45) is 1.24. The molecule has 0 spiro atoms. The Morgan fingerprint density at radius 3 is 2.74 bits per heavy atom. The normalized spacial score (nSPS) is 11.7. The van der Waals surface area contributed by atoms with Crippen LogP contribution in [0, 0.1) is 0 Å². The van der Waals surface area contributed by atoms with Gasteiger partial charge in [-0.2, -0.15) is 0 Å². The average molecular weight is 267 g/mol.